The van der Waals surface area contributed by atoms with Crippen LogP contribution in [-0.4, -0.2) is 41.9 Å². The van der Waals surface area contributed by atoms with Crippen LogP contribution in [0.2, 0.25) is 0 Å². The van der Waals surface area contributed by atoms with Crippen LogP contribution in [0.25, 0.3) is 0 Å². The molecule has 3 heterocycles. The van der Waals surface area contributed by atoms with Crippen LogP contribution >= 0.6 is 0 Å². The Kier molecular flexibility index (Phi) is 5.28. The third-order valence-electron chi connectivity index (χ3n) is 8.35. The van der Waals surface area contributed by atoms with Crippen molar-refractivity contribution in [2.45, 2.75) is 19.3 Å². The lowest BCUT2D eigenvalue weighted by atomic mass is 9.42. The molecular formula is C30H24F3NO3. The molecule has 3 saturated heterocycles. The molecule has 37 heavy (non-hydrogen) atoms. The maximum atomic E-state index is 14.4. The molecule has 4 fully saturated rings. The zero-order chi connectivity index (χ0) is 26.0. The summed E-state index contributed by atoms with van der Waals surface area (Å²) >= 11 is 0. The molecule has 4 bridgehead atoms. The van der Waals surface area contributed by atoms with Crippen LogP contribution in [0.1, 0.15) is 16.7 Å². The van der Waals surface area contributed by atoms with Crippen LogP contribution in [0, 0.1) is 33.7 Å². The maximum absolute atomic E-state index is 14.4. The lowest BCUT2D eigenvalue weighted by Gasteiger charge is -2.64. The van der Waals surface area contributed by atoms with E-state index in [1.165, 1.54) is 36.4 Å². The molecule has 4 aliphatic rings. The fraction of sp³-hybridized carbons (Fsp3) is 0.300. The highest BCUT2D eigenvalue weighted by Gasteiger charge is 2.77. The summed E-state index contributed by atoms with van der Waals surface area (Å²) in [7, 11) is 0. The first-order chi connectivity index (χ1) is 17.7. The molecule has 0 atom stereocenters. The number of nitrogens with zero attached hydrogens (tertiary/aromatic N) is 1. The lowest BCUT2D eigenvalue weighted by Crippen LogP contribution is -2.82. The van der Waals surface area contributed by atoms with Crippen molar-refractivity contribution >= 4 is 17.3 Å². The van der Waals surface area contributed by atoms with E-state index < -0.39 is 51.0 Å². The lowest BCUT2D eigenvalue weighted by molar-refractivity contribution is -0.192. The summed E-state index contributed by atoms with van der Waals surface area (Å²) in [6, 6.07) is 17.1. The SMILES string of the molecule is O=C1C2(Cc3ccc(F)cc3)CN3CC1(Cc1ccc(F)cc1)C(=O)C(Cc1ccc(F)cc1)(C3)C2=O. The van der Waals surface area contributed by atoms with Crippen LogP contribution in [0.15, 0.2) is 72.8 Å². The second-order valence-corrected chi connectivity index (χ2v) is 10.8. The molecule has 3 aromatic rings. The Labute approximate surface area is 212 Å². The molecule has 0 N–H and O–H groups in total. The molecule has 7 rings (SSSR count). The highest BCUT2D eigenvalue weighted by atomic mass is 19.1. The van der Waals surface area contributed by atoms with E-state index >= 15 is 0 Å². The van der Waals surface area contributed by atoms with Gasteiger partial charge in [-0.15, -0.1) is 0 Å². The molecular weight excluding hydrogens is 479 g/mol. The molecule has 3 aromatic carbocycles. The topological polar surface area (TPSA) is 54.5 Å². The predicted octanol–water partition coefficient (Wildman–Crippen LogP) is 4.14. The van der Waals surface area contributed by atoms with E-state index in [-0.39, 0.29) is 38.9 Å². The highest BCUT2D eigenvalue weighted by molar-refractivity contribution is 6.33. The summed E-state index contributed by atoms with van der Waals surface area (Å²) in [4.78, 5) is 45.1. The van der Waals surface area contributed by atoms with Crippen LogP contribution in [0.5, 0.6) is 0 Å². The molecule has 4 nitrogen and oxygen atoms in total. The first-order valence-corrected chi connectivity index (χ1v) is 12.3. The van der Waals surface area contributed by atoms with Gasteiger partial charge >= 0.3 is 0 Å². The van der Waals surface area contributed by atoms with Crippen molar-refractivity contribution < 1.29 is 27.6 Å². The molecule has 188 valence electrons. The van der Waals surface area contributed by atoms with Gasteiger partial charge in [-0.2, -0.15) is 0 Å². The molecule has 0 amide bonds. The number of hydrogen-bond donors (Lipinski definition) is 0. The fourth-order valence-electron chi connectivity index (χ4n) is 6.93. The van der Waals surface area contributed by atoms with E-state index in [4.69, 9.17) is 0 Å². The van der Waals surface area contributed by atoms with E-state index in [0.29, 0.717) is 16.7 Å². The summed E-state index contributed by atoms with van der Waals surface area (Å²) in [6.45, 7) is 0.559. The number of carbonyl (C=O) groups is 3. The standard InChI is InChI=1S/C30H24F3NO3/c31-22-7-1-19(2-8-22)13-28-16-34-17-29(25(28)35,14-20-3-9-23(32)10-4-20)27(37)30(18-34,26(28)36)15-21-5-11-24(33)12-6-21/h1-12H,13-18H2. The minimum atomic E-state index is -1.47. The molecule has 1 aliphatic carbocycles. The maximum Gasteiger partial charge on any atom is 0.163 e. The average Bonchev–Trinajstić information content (AvgIpc) is 2.88. The van der Waals surface area contributed by atoms with Gasteiger partial charge < -0.3 is 0 Å². The van der Waals surface area contributed by atoms with Crippen molar-refractivity contribution in [2.75, 3.05) is 19.6 Å². The van der Waals surface area contributed by atoms with E-state index in [1.54, 1.807) is 36.4 Å². The van der Waals surface area contributed by atoms with Gasteiger partial charge in [-0.25, -0.2) is 13.2 Å². The second kappa shape index (κ2) is 8.21. The third-order valence-corrected chi connectivity index (χ3v) is 8.35. The first kappa shape index (κ1) is 23.8. The van der Waals surface area contributed by atoms with E-state index in [2.05, 4.69) is 0 Å². The van der Waals surface area contributed by atoms with E-state index in [9.17, 15) is 27.6 Å². The van der Waals surface area contributed by atoms with E-state index in [0.717, 1.165) is 0 Å². The Morgan fingerprint density at radius 1 is 0.486 bits per heavy atom. The first-order valence-electron chi connectivity index (χ1n) is 12.3. The normalized spacial score (nSPS) is 30.2. The van der Waals surface area contributed by atoms with E-state index in [1.807, 2.05) is 4.90 Å². The third kappa shape index (κ3) is 3.51. The van der Waals surface area contributed by atoms with Gasteiger partial charge in [0, 0.05) is 19.6 Å². The van der Waals surface area contributed by atoms with Gasteiger partial charge in [-0.05, 0) is 72.4 Å². The fourth-order valence-corrected chi connectivity index (χ4v) is 6.93. The number of carbonyl (C=O) groups excluding carboxylic acids is 3. The number of ketones is 3. The summed E-state index contributed by atoms with van der Waals surface area (Å²) < 4.78 is 40.8. The Balaban J connectivity index is 1.49. The molecule has 1 saturated carbocycles. The van der Waals surface area contributed by atoms with Crippen molar-refractivity contribution in [1.29, 1.82) is 0 Å². The zero-order valence-corrected chi connectivity index (χ0v) is 20.0. The molecule has 0 unspecified atom stereocenters. The molecule has 0 radical (unpaired) electrons. The molecule has 0 aromatic heterocycles. The Morgan fingerprint density at radius 2 is 0.730 bits per heavy atom. The van der Waals surface area contributed by atoms with Crippen LogP contribution in [-0.2, 0) is 33.6 Å². The van der Waals surface area contributed by atoms with Gasteiger partial charge in [0.25, 0.3) is 0 Å². The quantitative estimate of drug-likeness (QED) is 0.475. The molecule has 7 heteroatoms. The van der Waals surface area contributed by atoms with Crippen molar-refractivity contribution in [3.05, 3.63) is 107 Å². The van der Waals surface area contributed by atoms with Crippen molar-refractivity contribution in [2.24, 2.45) is 16.2 Å². The van der Waals surface area contributed by atoms with Gasteiger partial charge in [-0.3, -0.25) is 19.3 Å². The van der Waals surface area contributed by atoms with Gasteiger partial charge in [-0.1, -0.05) is 36.4 Å². The van der Waals surface area contributed by atoms with Gasteiger partial charge in [0.2, 0.25) is 0 Å². The minimum Gasteiger partial charge on any atom is -0.299 e. The summed E-state index contributed by atoms with van der Waals surface area (Å²) in [5.74, 6) is -2.50. The number of Topliss-reactive ketones (excluding diaryl/α,β-unsaturated/α-hetero) is 3. The van der Waals surface area contributed by atoms with Crippen molar-refractivity contribution in [1.82, 2.24) is 4.90 Å². The van der Waals surface area contributed by atoms with Gasteiger partial charge in [0.1, 0.15) is 33.7 Å². The number of halogens is 3. The summed E-state index contributed by atoms with van der Waals surface area (Å²) in [5.41, 5.74) is -2.51. The van der Waals surface area contributed by atoms with Gasteiger partial charge in [0.05, 0.1) is 0 Å². The second-order valence-electron chi connectivity index (χ2n) is 10.8. The zero-order valence-electron chi connectivity index (χ0n) is 20.0. The largest absolute Gasteiger partial charge is 0.299 e. The number of piperidine rings is 3. The highest BCUT2D eigenvalue weighted by Crippen LogP contribution is 2.58. The molecule has 0 spiro atoms. The van der Waals surface area contributed by atoms with Crippen LogP contribution in [0.3, 0.4) is 0 Å². The Bertz CT molecular complexity index is 1220. The van der Waals surface area contributed by atoms with Gasteiger partial charge in [0.15, 0.2) is 17.3 Å². The molecule has 3 aliphatic heterocycles. The van der Waals surface area contributed by atoms with Crippen LogP contribution in [0.4, 0.5) is 13.2 Å². The average molecular weight is 504 g/mol. The Morgan fingerprint density at radius 3 is 0.973 bits per heavy atom. The summed E-state index contributed by atoms with van der Waals surface area (Å²) in [5, 5.41) is 0. The monoisotopic (exact) mass is 503 g/mol. The van der Waals surface area contributed by atoms with Crippen molar-refractivity contribution in [3.8, 4) is 0 Å². The smallest absolute Gasteiger partial charge is 0.163 e. The Hall–Kier alpha value is -3.58. The number of hydrogen-bond acceptors (Lipinski definition) is 4. The van der Waals surface area contributed by atoms with Crippen molar-refractivity contribution in [3.63, 3.8) is 0 Å². The summed E-state index contributed by atoms with van der Waals surface area (Å²) in [6.07, 6.45) is 0.182. The number of rotatable bonds is 6. The number of benzene rings is 3. The minimum absolute atomic E-state index is 0.0606. The van der Waals surface area contributed by atoms with Crippen LogP contribution < -0.4 is 0 Å². The predicted molar refractivity (Wildman–Crippen MR) is 129 cm³/mol.